The van der Waals surface area contributed by atoms with Crippen LogP contribution < -0.4 is 29.3 Å². The predicted octanol–water partition coefficient (Wildman–Crippen LogP) is 5.06. The van der Waals surface area contributed by atoms with Crippen LogP contribution in [0, 0.1) is 3.57 Å². The molecule has 2 heterocycles. The number of nitrogens with zero attached hydrogens (tertiary/aromatic N) is 3. The van der Waals surface area contributed by atoms with Crippen molar-refractivity contribution in [2.75, 3.05) is 32.7 Å². The van der Waals surface area contributed by atoms with Crippen LogP contribution in [0.1, 0.15) is 36.6 Å². The lowest BCUT2D eigenvalue weighted by molar-refractivity contribution is -0.139. The van der Waals surface area contributed by atoms with Crippen LogP contribution in [0.5, 0.6) is 11.5 Å². The fourth-order valence-corrected chi connectivity index (χ4v) is 6.73. The van der Waals surface area contributed by atoms with Crippen LogP contribution in [0.25, 0.3) is 6.08 Å². The topological polar surface area (TPSA) is 82.4 Å². The second kappa shape index (κ2) is 13.2. The minimum absolute atomic E-state index is 0.220. The maximum atomic E-state index is 14.0. The van der Waals surface area contributed by atoms with Gasteiger partial charge in [-0.15, -0.1) is 0 Å². The average molecular weight is 710 g/mol. The molecular weight excluding hydrogens is 677 g/mol. The molecule has 222 valence electrons. The Morgan fingerprint density at radius 3 is 2.49 bits per heavy atom. The summed E-state index contributed by atoms with van der Waals surface area (Å²) in [6.07, 6.45) is 1.82. The standard InChI is InChI=1S/C33H32IN3O5S/c1-6-41-32(39)28-20(2)35-33-37(29(28)23-12-14-24(15-13-23)36(3)4)31(38)27(43-33)18-22-16-25(34)30(26(17-22)40-5)42-19-21-10-8-7-9-11-21/h7-18,29H,6,19H2,1-5H3/b27-18-. The molecule has 0 saturated carbocycles. The van der Waals surface area contributed by atoms with Gasteiger partial charge in [-0.25, -0.2) is 9.79 Å². The minimum atomic E-state index is -0.669. The summed E-state index contributed by atoms with van der Waals surface area (Å²) in [6, 6.07) is 20.9. The van der Waals surface area contributed by atoms with E-state index in [9.17, 15) is 9.59 Å². The first-order valence-corrected chi connectivity index (χ1v) is 15.6. The number of carbonyl (C=O) groups is 1. The van der Waals surface area contributed by atoms with Gasteiger partial charge >= 0.3 is 5.97 Å². The fourth-order valence-electron chi connectivity index (χ4n) is 4.91. The van der Waals surface area contributed by atoms with Gasteiger partial charge in [0.05, 0.1) is 39.1 Å². The zero-order valence-electron chi connectivity index (χ0n) is 24.6. The van der Waals surface area contributed by atoms with Gasteiger partial charge in [0.1, 0.15) is 6.61 Å². The van der Waals surface area contributed by atoms with Gasteiger partial charge in [0.2, 0.25) is 0 Å². The van der Waals surface area contributed by atoms with E-state index in [1.54, 1.807) is 25.5 Å². The molecule has 0 spiro atoms. The molecule has 0 amide bonds. The Labute approximate surface area is 267 Å². The molecule has 0 fully saturated rings. The number of anilines is 1. The van der Waals surface area contributed by atoms with Gasteiger partial charge in [-0.2, -0.15) is 0 Å². The number of hydrogen-bond acceptors (Lipinski definition) is 8. The molecule has 0 saturated heterocycles. The molecule has 1 atom stereocenters. The summed E-state index contributed by atoms with van der Waals surface area (Å²) < 4.78 is 20.1. The van der Waals surface area contributed by atoms with E-state index in [1.165, 1.54) is 11.3 Å². The molecule has 0 radical (unpaired) electrons. The minimum Gasteiger partial charge on any atom is -0.493 e. The molecule has 1 aliphatic rings. The van der Waals surface area contributed by atoms with Gasteiger partial charge < -0.3 is 19.1 Å². The molecule has 0 aliphatic carbocycles. The fraction of sp³-hybridized carbons (Fsp3) is 0.242. The highest BCUT2D eigenvalue weighted by Crippen LogP contribution is 2.35. The Morgan fingerprint density at radius 2 is 1.84 bits per heavy atom. The Kier molecular flexibility index (Phi) is 9.36. The van der Waals surface area contributed by atoms with Crippen molar-refractivity contribution < 1.29 is 19.0 Å². The Morgan fingerprint density at radius 1 is 1.12 bits per heavy atom. The molecule has 0 N–H and O–H groups in total. The van der Waals surface area contributed by atoms with E-state index in [-0.39, 0.29) is 12.2 Å². The van der Waals surface area contributed by atoms with E-state index < -0.39 is 12.0 Å². The Balaban J connectivity index is 1.58. The molecule has 0 bridgehead atoms. The van der Waals surface area contributed by atoms with Gasteiger partial charge in [-0.05, 0) is 83.5 Å². The number of esters is 1. The van der Waals surface area contributed by atoms with Gasteiger partial charge in [0, 0.05) is 19.8 Å². The van der Waals surface area contributed by atoms with E-state index in [2.05, 4.69) is 27.6 Å². The van der Waals surface area contributed by atoms with Crippen LogP contribution in [0.15, 0.2) is 87.8 Å². The highest BCUT2D eigenvalue weighted by atomic mass is 127. The van der Waals surface area contributed by atoms with Crippen LogP contribution in [0.2, 0.25) is 0 Å². The number of benzene rings is 3. The molecule has 1 aromatic heterocycles. The number of aromatic nitrogens is 1. The second-order valence-corrected chi connectivity index (χ2v) is 12.3. The van der Waals surface area contributed by atoms with Gasteiger partial charge in [0.15, 0.2) is 16.3 Å². The highest BCUT2D eigenvalue weighted by molar-refractivity contribution is 14.1. The smallest absolute Gasteiger partial charge is 0.338 e. The first-order valence-electron chi connectivity index (χ1n) is 13.7. The van der Waals surface area contributed by atoms with E-state index in [4.69, 9.17) is 14.2 Å². The summed E-state index contributed by atoms with van der Waals surface area (Å²) in [6.45, 7) is 4.17. The van der Waals surface area contributed by atoms with Crippen LogP contribution >= 0.6 is 33.9 Å². The maximum absolute atomic E-state index is 14.0. The third-order valence-corrected chi connectivity index (χ3v) is 8.80. The van der Waals surface area contributed by atoms with Crippen LogP contribution in [-0.4, -0.2) is 38.3 Å². The molecule has 1 unspecified atom stereocenters. The number of fused-ring (bicyclic) bond motifs is 1. The summed E-state index contributed by atoms with van der Waals surface area (Å²) in [7, 11) is 5.52. The summed E-state index contributed by atoms with van der Waals surface area (Å²) >= 11 is 3.50. The van der Waals surface area contributed by atoms with Crippen LogP contribution in [0.3, 0.4) is 0 Å². The SMILES string of the molecule is CCOC(=O)C1=C(C)N=c2s/c(=C\c3cc(I)c(OCc4ccccc4)c(OC)c3)c(=O)n2C1c1ccc(N(C)C)cc1. The first-order chi connectivity index (χ1) is 20.7. The molecule has 3 aromatic carbocycles. The molecule has 43 heavy (non-hydrogen) atoms. The summed E-state index contributed by atoms with van der Waals surface area (Å²) in [4.78, 5) is 34.4. The van der Waals surface area contributed by atoms with Crippen LogP contribution in [0.4, 0.5) is 5.69 Å². The molecule has 8 nitrogen and oxygen atoms in total. The Hall–Kier alpha value is -3.90. The van der Waals surface area contributed by atoms with Crippen molar-refractivity contribution in [2.45, 2.75) is 26.5 Å². The number of thiazole rings is 1. The predicted molar refractivity (Wildman–Crippen MR) is 178 cm³/mol. The quantitative estimate of drug-likeness (QED) is 0.179. The largest absolute Gasteiger partial charge is 0.493 e. The third kappa shape index (κ3) is 6.40. The number of rotatable bonds is 9. The zero-order chi connectivity index (χ0) is 30.7. The van der Waals surface area contributed by atoms with E-state index in [0.717, 1.165) is 25.9 Å². The lowest BCUT2D eigenvalue weighted by atomic mass is 9.95. The van der Waals surface area contributed by atoms with E-state index >= 15 is 0 Å². The number of hydrogen-bond donors (Lipinski definition) is 0. The monoisotopic (exact) mass is 709 g/mol. The van der Waals surface area contributed by atoms with E-state index in [1.807, 2.05) is 91.8 Å². The summed E-state index contributed by atoms with van der Waals surface area (Å²) in [5, 5.41) is 0. The summed E-state index contributed by atoms with van der Waals surface area (Å²) in [5.41, 5.74) is 4.29. The van der Waals surface area contributed by atoms with E-state index in [0.29, 0.717) is 38.7 Å². The van der Waals surface area contributed by atoms with Crippen molar-refractivity contribution in [3.8, 4) is 11.5 Å². The molecule has 5 rings (SSSR count). The number of methoxy groups -OCH3 is 1. The molecule has 4 aromatic rings. The Bertz CT molecular complexity index is 1860. The van der Waals surface area contributed by atoms with Crippen molar-refractivity contribution in [2.24, 2.45) is 4.99 Å². The second-order valence-electron chi connectivity index (χ2n) is 10.1. The van der Waals surface area contributed by atoms with Crippen molar-refractivity contribution >= 4 is 51.7 Å². The van der Waals surface area contributed by atoms with Crippen molar-refractivity contribution in [3.05, 3.63) is 118 Å². The third-order valence-electron chi connectivity index (χ3n) is 7.02. The number of allylic oxidation sites excluding steroid dienone is 1. The summed E-state index contributed by atoms with van der Waals surface area (Å²) in [5.74, 6) is 0.729. The van der Waals surface area contributed by atoms with Crippen LogP contribution in [-0.2, 0) is 16.1 Å². The van der Waals surface area contributed by atoms with Crippen molar-refractivity contribution in [1.82, 2.24) is 4.57 Å². The molecule has 10 heteroatoms. The normalized spacial score (nSPS) is 14.7. The lowest BCUT2D eigenvalue weighted by Crippen LogP contribution is -2.39. The van der Waals surface area contributed by atoms with Gasteiger partial charge in [-0.3, -0.25) is 9.36 Å². The molecular formula is C33H32IN3O5S. The zero-order valence-corrected chi connectivity index (χ0v) is 27.6. The number of carbonyl (C=O) groups excluding carboxylic acids is 1. The van der Waals surface area contributed by atoms with Crippen molar-refractivity contribution in [3.63, 3.8) is 0 Å². The maximum Gasteiger partial charge on any atom is 0.338 e. The number of halogens is 1. The average Bonchev–Trinajstić information content (AvgIpc) is 3.29. The highest BCUT2D eigenvalue weighted by Gasteiger charge is 2.33. The molecule has 1 aliphatic heterocycles. The lowest BCUT2D eigenvalue weighted by Gasteiger charge is -2.25. The number of ether oxygens (including phenoxy) is 3. The first kappa shape index (κ1) is 30.6. The van der Waals surface area contributed by atoms with Crippen molar-refractivity contribution in [1.29, 1.82) is 0 Å². The van der Waals surface area contributed by atoms with Gasteiger partial charge in [-0.1, -0.05) is 53.8 Å². The van der Waals surface area contributed by atoms with Gasteiger partial charge in [0.25, 0.3) is 5.56 Å².